The third-order valence-corrected chi connectivity index (χ3v) is 3.15. The summed E-state index contributed by atoms with van der Waals surface area (Å²) in [5.41, 5.74) is 6.44. The van der Waals surface area contributed by atoms with Gasteiger partial charge in [-0.15, -0.1) is 0 Å². The molecule has 0 radical (unpaired) electrons. The number of rotatable bonds is 4. The van der Waals surface area contributed by atoms with Gasteiger partial charge in [-0.2, -0.15) is 0 Å². The van der Waals surface area contributed by atoms with E-state index in [-0.39, 0.29) is 18.1 Å². The zero-order valence-electron chi connectivity index (χ0n) is 11.7. The first-order valence-corrected chi connectivity index (χ1v) is 6.72. The van der Waals surface area contributed by atoms with Crippen LogP contribution in [0.5, 0.6) is 5.75 Å². The predicted molar refractivity (Wildman–Crippen MR) is 83.3 cm³/mol. The Balaban J connectivity index is 2.06. The van der Waals surface area contributed by atoms with Gasteiger partial charge in [0.2, 0.25) is 0 Å². The average Bonchev–Trinajstić information content (AvgIpc) is 2.48. The molecule has 2 aromatic rings. The maximum Gasteiger partial charge on any atom is 0.193 e. The normalized spacial score (nSPS) is 11.4. The predicted octanol–water partition coefficient (Wildman–Crippen LogP) is 3.55. The highest BCUT2D eigenvalue weighted by atomic mass is 35.5. The van der Waals surface area contributed by atoms with Crippen LogP contribution in [0.25, 0.3) is 0 Å². The highest BCUT2D eigenvalue weighted by molar-refractivity contribution is 6.32. The Bertz CT molecular complexity index is 707. The van der Waals surface area contributed by atoms with Crippen LogP contribution in [0.15, 0.2) is 41.4 Å². The summed E-state index contributed by atoms with van der Waals surface area (Å²) in [6.45, 7) is -0.0771. The van der Waals surface area contributed by atoms with Crippen LogP contribution in [0, 0.1) is 11.6 Å². The number of nitrogens with zero attached hydrogens (tertiary/aromatic N) is 1. The number of ether oxygens (including phenoxy) is 1. The van der Waals surface area contributed by atoms with E-state index < -0.39 is 11.6 Å². The van der Waals surface area contributed by atoms with Gasteiger partial charge in [-0.1, -0.05) is 11.6 Å². The maximum atomic E-state index is 13.5. The van der Waals surface area contributed by atoms with Crippen LogP contribution in [0.1, 0.15) is 5.56 Å². The van der Waals surface area contributed by atoms with Crippen molar-refractivity contribution in [1.29, 1.82) is 0 Å². The molecule has 0 unspecified atom stereocenters. The second kappa shape index (κ2) is 7.09. The maximum absolute atomic E-state index is 13.5. The van der Waals surface area contributed by atoms with Gasteiger partial charge in [-0.05, 0) is 36.4 Å². The number of guanidine groups is 1. The van der Waals surface area contributed by atoms with Crippen molar-refractivity contribution < 1.29 is 13.5 Å². The van der Waals surface area contributed by atoms with E-state index in [1.165, 1.54) is 7.11 Å². The number of benzene rings is 2. The van der Waals surface area contributed by atoms with Gasteiger partial charge in [0.1, 0.15) is 17.4 Å². The molecule has 0 atom stereocenters. The van der Waals surface area contributed by atoms with Gasteiger partial charge < -0.3 is 15.8 Å². The number of hydrogen-bond donors (Lipinski definition) is 2. The third kappa shape index (κ3) is 4.08. The summed E-state index contributed by atoms with van der Waals surface area (Å²) in [7, 11) is 1.51. The number of nitrogens with two attached hydrogens (primary N) is 1. The topological polar surface area (TPSA) is 59.6 Å². The van der Waals surface area contributed by atoms with E-state index in [1.807, 2.05) is 0 Å². The smallest absolute Gasteiger partial charge is 0.193 e. The zero-order chi connectivity index (χ0) is 16.1. The van der Waals surface area contributed by atoms with Gasteiger partial charge in [0.05, 0.1) is 18.7 Å². The second-order valence-corrected chi connectivity index (χ2v) is 4.82. The molecule has 3 N–H and O–H groups in total. The Kier molecular flexibility index (Phi) is 5.16. The van der Waals surface area contributed by atoms with E-state index in [1.54, 1.807) is 18.2 Å². The lowest BCUT2D eigenvalue weighted by atomic mass is 10.2. The molecule has 7 heteroatoms. The quantitative estimate of drug-likeness (QED) is 0.667. The fourth-order valence-electron chi connectivity index (χ4n) is 1.77. The molecule has 2 aromatic carbocycles. The molecule has 0 heterocycles. The molecule has 0 amide bonds. The molecular weight excluding hydrogens is 312 g/mol. The molecule has 0 spiro atoms. The summed E-state index contributed by atoms with van der Waals surface area (Å²) in [6, 6.07) is 8.17. The van der Waals surface area contributed by atoms with Gasteiger partial charge in [-0.3, -0.25) is 0 Å². The van der Waals surface area contributed by atoms with Crippen molar-refractivity contribution in [3.8, 4) is 5.75 Å². The number of anilines is 1. The molecule has 0 aliphatic heterocycles. The van der Waals surface area contributed by atoms with Crippen molar-refractivity contribution in [3.05, 3.63) is 58.6 Å². The number of nitrogens with one attached hydrogen (secondary N) is 1. The Morgan fingerprint density at radius 1 is 1.27 bits per heavy atom. The van der Waals surface area contributed by atoms with Crippen LogP contribution < -0.4 is 15.8 Å². The van der Waals surface area contributed by atoms with Crippen molar-refractivity contribution >= 4 is 23.2 Å². The van der Waals surface area contributed by atoms with Crippen molar-refractivity contribution in [1.82, 2.24) is 0 Å². The lowest BCUT2D eigenvalue weighted by Gasteiger charge is -2.08. The summed E-state index contributed by atoms with van der Waals surface area (Å²) in [6.07, 6.45) is 0. The summed E-state index contributed by atoms with van der Waals surface area (Å²) in [5.74, 6) is -0.472. The van der Waals surface area contributed by atoms with E-state index >= 15 is 0 Å². The monoisotopic (exact) mass is 325 g/mol. The number of hydrogen-bond acceptors (Lipinski definition) is 2. The van der Waals surface area contributed by atoms with Crippen LogP contribution in [0.3, 0.4) is 0 Å². The van der Waals surface area contributed by atoms with Crippen LogP contribution in [0.2, 0.25) is 5.02 Å². The molecule has 0 saturated carbocycles. The molecule has 0 aliphatic rings. The average molecular weight is 326 g/mol. The molecular formula is C15H14ClF2N3O. The first kappa shape index (κ1) is 16.0. The molecule has 0 bridgehead atoms. The fourth-order valence-corrected chi connectivity index (χ4v) is 2.02. The third-order valence-electron chi connectivity index (χ3n) is 2.85. The molecule has 0 saturated heterocycles. The fraction of sp³-hybridized carbons (Fsp3) is 0.133. The SMILES string of the molecule is COc1ccc(NC(N)=NCc2cc(F)ccc2F)cc1Cl. The Hall–Kier alpha value is -2.34. The molecule has 0 fully saturated rings. The lowest BCUT2D eigenvalue weighted by molar-refractivity contribution is 0.415. The molecule has 0 aliphatic carbocycles. The molecule has 0 aromatic heterocycles. The molecule has 22 heavy (non-hydrogen) atoms. The Morgan fingerprint density at radius 2 is 2.05 bits per heavy atom. The van der Waals surface area contributed by atoms with E-state index in [2.05, 4.69) is 10.3 Å². The first-order chi connectivity index (χ1) is 10.5. The van der Waals surface area contributed by atoms with E-state index in [0.29, 0.717) is 16.5 Å². The minimum absolute atomic E-state index is 0.0601. The highest BCUT2D eigenvalue weighted by Gasteiger charge is 2.05. The Labute approximate surface area is 131 Å². The summed E-state index contributed by atoms with van der Waals surface area (Å²) in [4.78, 5) is 3.97. The number of methoxy groups -OCH3 is 1. The van der Waals surface area contributed by atoms with Crippen molar-refractivity contribution in [2.24, 2.45) is 10.7 Å². The molecule has 4 nitrogen and oxygen atoms in total. The van der Waals surface area contributed by atoms with Gasteiger partial charge in [-0.25, -0.2) is 13.8 Å². The summed E-state index contributed by atoms with van der Waals surface area (Å²) >= 11 is 5.99. The summed E-state index contributed by atoms with van der Waals surface area (Å²) in [5, 5.41) is 3.22. The van der Waals surface area contributed by atoms with E-state index in [0.717, 1.165) is 18.2 Å². The van der Waals surface area contributed by atoms with Crippen LogP contribution in [0.4, 0.5) is 14.5 Å². The summed E-state index contributed by atoms with van der Waals surface area (Å²) < 4.78 is 31.5. The molecule has 2 rings (SSSR count). The van der Waals surface area contributed by atoms with Crippen molar-refractivity contribution in [2.75, 3.05) is 12.4 Å². The van der Waals surface area contributed by atoms with Crippen molar-refractivity contribution in [3.63, 3.8) is 0 Å². The van der Waals surface area contributed by atoms with Gasteiger partial charge in [0, 0.05) is 11.3 Å². The van der Waals surface area contributed by atoms with Gasteiger partial charge in [0.15, 0.2) is 5.96 Å². The van der Waals surface area contributed by atoms with E-state index in [9.17, 15) is 8.78 Å². The van der Waals surface area contributed by atoms with E-state index in [4.69, 9.17) is 22.1 Å². The molecule has 116 valence electrons. The minimum atomic E-state index is -0.537. The van der Waals surface area contributed by atoms with Crippen LogP contribution >= 0.6 is 11.6 Å². The Morgan fingerprint density at radius 3 is 2.73 bits per heavy atom. The van der Waals surface area contributed by atoms with Gasteiger partial charge >= 0.3 is 0 Å². The number of halogens is 3. The van der Waals surface area contributed by atoms with Gasteiger partial charge in [0.25, 0.3) is 0 Å². The standard InChI is InChI=1S/C15H14ClF2N3O/c1-22-14-5-3-11(7-12(14)16)21-15(19)20-8-9-6-10(17)2-4-13(9)18/h2-7H,8H2,1H3,(H3,19,20,21). The van der Waals surface area contributed by atoms with Crippen LogP contribution in [-0.2, 0) is 6.54 Å². The largest absolute Gasteiger partial charge is 0.495 e. The van der Waals surface area contributed by atoms with Crippen molar-refractivity contribution in [2.45, 2.75) is 6.54 Å². The first-order valence-electron chi connectivity index (χ1n) is 6.34. The number of aliphatic imine (C=N–C) groups is 1. The lowest BCUT2D eigenvalue weighted by Crippen LogP contribution is -2.22. The minimum Gasteiger partial charge on any atom is -0.495 e. The zero-order valence-corrected chi connectivity index (χ0v) is 12.5. The highest BCUT2D eigenvalue weighted by Crippen LogP contribution is 2.27. The second-order valence-electron chi connectivity index (χ2n) is 4.41. The van der Waals surface area contributed by atoms with Crippen LogP contribution in [-0.4, -0.2) is 13.1 Å².